The summed E-state index contributed by atoms with van der Waals surface area (Å²) in [6, 6.07) is 13.8. The van der Waals surface area contributed by atoms with Gasteiger partial charge in [0.25, 0.3) is 11.8 Å². The van der Waals surface area contributed by atoms with Gasteiger partial charge in [0.05, 0.1) is 30.4 Å². The Morgan fingerprint density at radius 3 is 2.36 bits per heavy atom. The van der Waals surface area contributed by atoms with E-state index in [0.717, 1.165) is 18.7 Å². The van der Waals surface area contributed by atoms with E-state index in [9.17, 15) is 14.4 Å². The molecule has 2 aromatic carbocycles. The Hall–Kier alpha value is -3.03. The van der Waals surface area contributed by atoms with E-state index in [0.29, 0.717) is 37.3 Å². The quantitative estimate of drug-likeness (QED) is 0.627. The smallest absolute Gasteiger partial charge is 0.261 e. The molecule has 0 saturated carbocycles. The van der Waals surface area contributed by atoms with Crippen molar-refractivity contribution >= 4 is 17.7 Å². The predicted molar refractivity (Wildman–Crippen MR) is 125 cm³/mol. The van der Waals surface area contributed by atoms with Gasteiger partial charge in [0.15, 0.2) is 0 Å². The fourth-order valence-electron chi connectivity index (χ4n) is 4.44. The first-order valence-corrected chi connectivity index (χ1v) is 11.6. The summed E-state index contributed by atoms with van der Waals surface area (Å²) in [5.74, 6) is -0.624. The van der Waals surface area contributed by atoms with Crippen LogP contribution in [0.3, 0.4) is 0 Å². The van der Waals surface area contributed by atoms with Gasteiger partial charge in [-0.15, -0.1) is 0 Å². The van der Waals surface area contributed by atoms with Crippen LogP contribution in [0.4, 0.5) is 0 Å². The van der Waals surface area contributed by atoms with Gasteiger partial charge in [0.1, 0.15) is 0 Å². The number of aryl methyl sites for hydroxylation is 2. The summed E-state index contributed by atoms with van der Waals surface area (Å²) in [5.41, 5.74) is 4.22. The van der Waals surface area contributed by atoms with Crippen molar-refractivity contribution in [1.82, 2.24) is 15.1 Å². The Morgan fingerprint density at radius 1 is 0.970 bits per heavy atom. The molecular formula is C26H31N3O4. The number of fused-ring (bicyclic) bond motifs is 1. The number of rotatable bonds is 8. The van der Waals surface area contributed by atoms with Crippen LogP contribution >= 0.6 is 0 Å². The lowest BCUT2D eigenvalue weighted by Gasteiger charge is -2.35. The fourth-order valence-corrected chi connectivity index (χ4v) is 4.44. The normalized spacial score (nSPS) is 17.2. The van der Waals surface area contributed by atoms with Gasteiger partial charge in [-0.05, 0) is 38.0 Å². The third-order valence-corrected chi connectivity index (χ3v) is 6.35. The zero-order valence-electron chi connectivity index (χ0n) is 19.3. The number of nitrogens with one attached hydrogen (secondary N) is 1. The van der Waals surface area contributed by atoms with Crippen LogP contribution in [0.5, 0.6) is 0 Å². The van der Waals surface area contributed by atoms with Gasteiger partial charge in [0, 0.05) is 32.6 Å². The molecular weight excluding hydrogens is 418 g/mol. The number of nitrogens with zero attached hydrogens (tertiary/aromatic N) is 2. The van der Waals surface area contributed by atoms with Crippen molar-refractivity contribution in [2.24, 2.45) is 0 Å². The Labute approximate surface area is 194 Å². The largest absolute Gasteiger partial charge is 0.379 e. The highest BCUT2D eigenvalue weighted by Crippen LogP contribution is 2.24. The average Bonchev–Trinajstić information content (AvgIpc) is 3.05. The Bertz CT molecular complexity index is 1030. The lowest BCUT2D eigenvalue weighted by molar-refractivity contribution is -0.121. The zero-order chi connectivity index (χ0) is 23.4. The fraction of sp³-hybridized carbons (Fsp3) is 0.423. The van der Waals surface area contributed by atoms with E-state index < -0.39 is 0 Å². The molecule has 1 fully saturated rings. The van der Waals surface area contributed by atoms with Gasteiger partial charge in [0.2, 0.25) is 5.91 Å². The maximum Gasteiger partial charge on any atom is 0.261 e. The number of morpholine rings is 1. The number of carbonyl (C=O) groups excluding carboxylic acids is 3. The van der Waals surface area contributed by atoms with Crippen molar-refractivity contribution in [2.75, 3.05) is 39.4 Å². The van der Waals surface area contributed by atoms with Gasteiger partial charge >= 0.3 is 0 Å². The number of hydrogen-bond donors (Lipinski definition) is 1. The number of amides is 3. The van der Waals surface area contributed by atoms with E-state index in [4.69, 9.17) is 4.74 Å². The topological polar surface area (TPSA) is 79.0 Å². The molecule has 7 nitrogen and oxygen atoms in total. The summed E-state index contributed by atoms with van der Waals surface area (Å²) >= 11 is 0. The molecule has 4 rings (SSSR count). The van der Waals surface area contributed by atoms with E-state index in [-0.39, 0.29) is 36.7 Å². The maximum atomic E-state index is 12.6. The summed E-state index contributed by atoms with van der Waals surface area (Å²) < 4.78 is 5.49. The lowest BCUT2D eigenvalue weighted by Crippen LogP contribution is -2.43. The lowest BCUT2D eigenvalue weighted by atomic mass is 10.0. The third-order valence-electron chi connectivity index (χ3n) is 6.35. The van der Waals surface area contributed by atoms with E-state index in [1.54, 1.807) is 12.1 Å². The molecule has 2 aliphatic heterocycles. The number of carbonyl (C=O) groups is 3. The Morgan fingerprint density at radius 2 is 1.64 bits per heavy atom. The second-order valence-electron chi connectivity index (χ2n) is 8.79. The van der Waals surface area contributed by atoms with E-state index in [1.165, 1.54) is 16.0 Å². The van der Waals surface area contributed by atoms with Gasteiger partial charge in [-0.3, -0.25) is 24.2 Å². The monoisotopic (exact) mass is 449 g/mol. The summed E-state index contributed by atoms with van der Waals surface area (Å²) in [4.78, 5) is 41.3. The second-order valence-corrected chi connectivity index (χ2v) is 8.79. The molecule has 0 radical (unpaired) electrons. The van der Waals surface area contributed by atoms with Crippen LogP contribution in [0.2, 0.25) is 0 Å². The van der Waals surface area contributed by atoms with Crippen molar-refractivity contribution in [3.05, 3.63) is 70.3 Å². The van der Waals surface area contributed by atoms with E-state index in [1.807, 2.05) is 13.0 Å². The molecule has 1 saturated heterocycles. The molecule has 2 heterocycles. The first kappa shape index (κ1) is 23.1. The molecule has 3 amide bonds. The van der Waals surface area contributed by atoms with Crippen LogP contribution in [0.15, 0.2) is 42.5 Å². The zero-order valence-corrected chi connectivity index (χ0v) is 19.3. The van der Waals surface area contributed by atoms with E-state index >= 15 is 0 Å². The van der Waals surface area contributed by atoms with Gasteiger partial charge in [-0.1, -0.05) is 41.5 Å². The molecule has 174 valence electrons. The van der Waals surface area contributed by atoms with Crippen molar-refractivity contribution < 1.29 is 19.1 Å². The van der Waals surface area contributed by atoms with Crippen molar-refractivity contribution in [3.63, 3.8) is 0 Å². The Balaban J connectivity index is 1.30. The van der Waals surface area contributed by atoms with Crippen molar-refractivity contribution in [3.8, 4) is 0 Å². The first-order valence-electron chi connectivity index (χ1n) is 11.6. The molecule has 1 unspecified atom stereocenters. The molecule has 2 aromatic rings. The van der Waals surface area contributed by atoms with Crippen LogP contribution in [-0.4, -0.2) is 66.9 Å². The second kappa shape index (κ2) is 10.3. The average molecular weight is 450 g/mol. The molecule has 33 heavy (non-hydrogen) atoms. The minimum Gasteiger partial charge on any atom is -0.379 e. The summed E-state index contributed by atoms with van der Waals surface area (Å²) in [7, 11) is 0. The van der Waals surface area contributed by atoms with Crippen LogP contribution in [0.1, 0.15) is 56.3 Å². The van der Waals surface area contributed by atoms with Crippen LogP contribution < -0.4 is 5.32 Å². The van der Waals surface area contributed by atoms with E-state index in [2.05, 4.69) is 41.4 Å². The van der Waals surface area contributed by atoms with Crippen molar-refractivity contribution in [1.29, 1.82) is 0 Å². The molecule has 0 spiro atoms. The number of benzene rings is 2. The van der Waals surface area contributed by atoms with Crippen LogP contribution in [-0.2, 0) is 9.53 Å². The molecule has 1 N–H and O–H groups in total. The van der Waals surface area contributed by atoms with Gasteiger partial charge < -0.3 is 10.1 Å². The summed E-state index contributed by atoms with van der Waals surface area (Å²) in [6.45, 7) is 7.74. The highest BCUT2D eigenvalue weighted by Gasteiger charge is 2.35. The van der Waals surface area contributed by atoms with Crippen molar-refractivity contribution in [2.45, 2.75) is 32.7 Å². The molecule has 0 aromatic heterocycles. The molecule has 0 bridgehead atoms. The van der Waals surface area contributed by atoms with Gasteiger partial charge in [-0.2, -0.15) is 0 Å². The number of ether oxygens (including phenoxy) is 1. The molecule has 1 atom stereocenters. The highest BCUT2D eigenvalue weighted by atomic mass is 16.5. The molecule has 2 aliphatic rings. The maximum absolute atomic E-state index is 12.6. The Kier molecular flexibility index (Phi) is 7.20. The van der Waals surface area contributed by atoms with Gasteiger partial charge in [-0.25, -0.2) is 0 Å². The van der Waals surface area contributed by atoms with Crippen LogP contribution in [0, 0.1) is 13.8 Å². The molecule has 7 heteroatoms. The number of imide groups is 1. The minimum atomic E-state index is -0.276. The minimum absolute atomic E-state index is 0.0761. The molecule has 0 aliphatic carbocycles. The highest BCUT2D eigenvalue weighted by molar-refractivity contribution is 6.21. The van der Waals surface area contributed by atoms with Crippen LogP contribution in [0.25, 0.3) is 0 Å². The first-order chi connectivity index (χ1) is 15.9. The standard InChI is InChI=1S/C26H31N3O4/c1-18-5-8-20(9-6-18)23(28-12-14-33-15-13-28)17-27-24(30)4-3-11-29-25(31)21-10-7-19(2)16-22(21)26(29)32/h5-10,16,23H,3-4,11-15,17H2,1-2H3,(H,27,30). The SMILES string of the molecule is Cc1ccc(C(CNC(=O)CCCN2C(=O)c3ccc(C)cc3C2=O)N2CCOCC2)cc1. The predicted octanol–water partition coefficient (Wildman–Crippen LogP) is 2.87. The summed E-state index contributed by atoms with van der Waals surface area (Å²) in [5, 5.41) is 3.06. The summed E-state index contributed by atoms with van der Waals surface area (Å²) in [6.07, 6.45) is 0.694. The number of hydrogen-bond acceptors (Lipinski definition) is 5. The third kappa shape index (κ3) is 5.31.